The SMILES string of the molecule is Cc1nscc1C(=O)N[C@H]1CCCN(c2nccn(C)c2=O)C1. The molecule has 3 rings (SSSR count). The summed E-state index contributed by atoms with van der Waals surface area (Å²) in [4.78, 5) is 30.7. The van der Waals surface area contributed by atoms with Crippen LogP contribution < -0.4 is 15.8 Å². The number of carbonyl (C=O) groups is 1. The molecule has 2 aromatic heterocycles. The van der Waals surface area contributed by atoms with E-state index in [1.165, 1.54) is 16.1 Å². The molecule has 0 aliphatic carbocycles. The minimum atomic E-state index is -0.114. The van der Waals surface area contributed by atoms with Gasteiger partial charge in [0.05, 0.1) is 11.3 Å². The van der Waals surface area contributed by atoms with Crippen molar-refractivity contribution in [1.29, 1.82) is 0 Å². The number of anilines is 1. The first kappa shape index (κ1) is 15.7. The average molecular weight is 333 g/mol. The Morgan fingerprint density at radius 1 is 1.48 bits per heavy atom. The van der Waals surface area contributed by atoms with E-state index in [0.717, 1.165) is 25.1 Å². The second-order valence-electron chi connectivity index (χ2n) is 5.74. The third-order valence-corrected chi connectivity index (χ3v) is 4.77. The van der Waals surface area contributed by atoms with E-state index in [1.54, 1.807) is 24.8 Å². The molecular weight excluding hydrogens is 314 g/mol. The molecule has 2 aromatic rings. The van der Waals surface area contributed by atoms with Crippen LogP contribution in [-0.2, 0) is 7.05 Å². The van der Waals surface area contributed by atoms with Crippen LogP contribution in [0.25, 0.3) is 0 Å². The predicted octanol–water partition coefficient (Wildman–Crippen LogP) is 0.944. The largest absolute Gasteiger partial charge is 0.350 e. The van der Waals surface area contributed by atoms with E-state index in [2.05, 4.69) is 14.7 Å². The molecule has 7 nitrogen and oxygen atoms in total. The van der Waals surface area contributed by atoms with E-state index in [4.69, 9.17) is 0 Å². The lowest BCUT2D eigenvalue weighted by molar-refractivity contribution is 0.0932. The van der Waals surface area contributed by atoms with E-state index in [-0.39, 0.29) is 17.5 Å². The van der Waals surface area contributed by atoms with Crippen molar-refractivity contribution in [2.75, 3.05) is 18.0 Å². The van der Waals surface area contributed by atoms with Crippen molar-refractivity contribution < 1.29 is 4.79 Å². The van der Waals surface area contributed by atoms with Gasteiger partial charge in [0.25, 0.3) is 11.5 Å². The van der Waals surface area contributed by atoms with Crippen LogP contribution in [0.15, 0.2) is 22.6 Å². The summed E-state index contributed by atoms with van der Waals surface area (Å²) in [6, 6.07) is 0.00209. The molecule has 0 unspecified atom stereocenters. The number of carbonyl (C=O) groups excluding carboxylic acids is 1. The number of piperidine rings is 1. The van der Waals surface area contributed by atoms with E-state index >= 15 is 0 Å². The first-order valence-electron chi connectivity index (χ1n) is 7.54. The molecular formula is C15H19N5O2S. The second-order valence-corrected chi connectivity index (χ2v) is 6.37. The standard InChI is InChI=1S/C15H19N5O2S/c1-10-12(9-23-18-10)14(21)17-11-4-3-6-20(8-11)13-15(22)19(2)7-5-16-13/h5,7,9,11H,3-4,6,8H2,1-2H3,(H,17,21)/t11-/m0/s1. The monoisotopic (exact) mass is 333 g/mol. The molecule has 8 heteroatoms. The molecule has 1 amide bonds. The molecule has 3 heterocycles. The summed E-state index contributed by atoms with van der Waals surface area (Å²) in [6.07, 6.45) is 5.07. The summed E-state index contributed by atoms with van der Waals surface area (Å²) in [5.41, 5.74) is 1.26. The Morgan fingerprint density at radius 3 is 3.04 bits per heavy atom. The van der Waals surface area contributed by atoms with Crippen LogP contribution in [0.4, 0.5) is 5.82 Å². The van der Waals surface area contributed by atoms with Crippen molar-refractivity contribution in [3.63, 3.8) is 0 Å². The van der Waals surface area contributed by atoms with Crippen LogP contribution in [0.1, 0.15) is 28.9 Å². The lowest BCUT2D eigenvalue weighted by Gasteiger charge is -2.33. The van der Waals surface area contributed by atoms with Gasteiger partial charge in [-0.05, 0) is 31.3 Å². The van der Waals surface area contributed by atoms with Gasteiger partial charge in [-0.2, -0.15) is 4.37 Å². The molecule has 1 aliphatic heterocycles. The highest BCUT2D eigenvalue weighted by molar-refractivity contribution is 7.03. The minimum Gasteiger partial charge on any atom is -0.350 e. The summed E-state index contributed by atoms with van der Waals surface area (Å²) >= 11 is 1.28. The van der Waals surface area contributed by atoms with Gasteiger partial charge in [-0.15, -0.1) is 0 Å². The van der Waals surface area contributed by atoms with Gasteiger partial charge in [0.1, 0.15) is 0 Å². The van der Waals surface area contributed by atoms with Crippen molar-refractivity contribution in [3.8, 4) is 0 Å². The minimum absolute atomic E-state index is 0.00209. The lowest BCUT2D eigenvalue weighted by atomic mass is 10.1. The maximum Gasteiger partial charge on any atom is 0.293 e. The van der Waals surface area contributed by atoms with Crippen LogP contribution in [0.5, 0.6) is 0 Å². The van der Waals surface area contributed by atoms with Crippen LogP contribution in [-0.4, -0.2) is 39.0 Å². The Morgan fingerprint density at radius 2 is 2.30 bits per heavy atom. The maximum atomic E-state index is 12.3. The third kappa shape index (κ3) is 3.26. The number of rotatable bonds is 3. The zero-order valence-corrected chi connectivity index (χ0v) is 14.0. The normalized spacial score (nSPS) is 18.0. The Balaban J connectivity index is 1.71. The van der Waals surface area contributed by atoms with Gasteiger partial charge in [-0.1, -0.05) is 0 Å². The van der Waals surface area contributed by atoms with E-state index in [9.17, 15) is 9.59 Å². The van der Waals surface area contributed by atoms with Crippen molar-refractivity contribution in [3.05, 3.63) is 39.4 Å². The lowest BCUT2D eigenvalue weighted by Crippen LogP contribution is -2.49. The molecule has 1 N–H and O–H groups in total. The molecule has 0 spiro atoms. The van der Waals surface area contributed by atoms with Crippen molar-refractivity contribution in [1.82, 2.24) is 19.2 Å². The number of nitrogens with zero attached hydrogens (tertiary/aromatic N) is 4. The van der Waals surface area contributed by atoms with Gasteiger partial charge in [-0.25, -0.2) is 4.98 Å². The van der Waals surface area contributed by atoms with Gasteiger partial charge in [0, 0.05) is 44.0 Å². The smallest absolute Gasteiger partial charge is 0.293 e. The fourth-order valence-electron chi connectivity index (χ4n) is 2.76. The van der Waals surface area contributed by atoms with Gasteiger partial charge in [0.2, 0.25) is 0 Å². The quantitative estimate of drug-likeness (QED) is 0.904. The summed E-state index contributed by atoms with van der Waals surface area (Å²) in [7, 11) is 1.71. The molecule has 122 valence electrons. The van der Waals surface area contributed by atoms with Crippen LogP contribution in [0, 0.1) is 6.92 Å². The zero-order valence-electron chi connectivity index (χ0n) is 13.2. The Hall–Kier alpha value is -2.22. The Labute approximate surface area is 138 Å². The number of hydrogen-bond acceptors (Lipinski definition) is 6. The highest BCUT2D eigenvalue weighted by Gasteiger charge is 2.25. The van der Waals surface area contributed by atoms with E-state index in [1.807, 2.05) is 11.8 Å². The molecule has 1 saturated heterocycles. The highest BCUT2D eigenvalue weighted by Crippen LogP contribution is 2.16. The summed E-state index contributed by atoms with van der Waals surface area (Å²) in [5, 5.41) is 4.81. The van der Waals surface area contributed by atoms with Crippen LogP contribution in [0.2, 0.25) is 0 Å². The first-order chi connectivity index (χ1) is 11.1. The van der Waals surface area contributed by atoms with Gasteiger partial charge in [-0.3, -0.25) is 9.59 Å². The average Bonchev–Trinajstić information content (AvgIpc) is 2.96. The molecule has 1 atom stereocenters. The van der Waals surface area contributed by atoms with Gasteiger partial charge in [0.15, 0.2) is 5.82 Å². The molecule has 1 fully saturated rings. The van der Waals surface area contributed by atoms with E-state index in [0.29, 0.717) is 17.9 Å². The zero-order chi connectivity index (χ0) is 16.4. The first-order valence-corrected chi connectivity index (χ1v) is 8.38. The van der Waals surface area contributed by atoms with Crippen molar-refractivity contribution >= 4 is 23.3 Å². The molecule has 0 radical (unpaired) electrons. The molecule has 0 saturated carbocycles. The Kier molecular flexibility index (Phi) is 4.42. The Bertz CT molecular complexity index is 769. The maximum absolute atomic E-state index is 12.3. The van der Waals surface area contributed by atoms with Crippen molar-refractivity contribution in [2.45, 2.75) is 25.8 Å². The summed E-state index contributed by atoms with van der Waals surface area (Å²) in [5.74, 6) is 0.347. The second kappa shape index (κ2) is 6.49. The number of amides is 1. The van der Waals surface area contributed by atoms with Crippen LogP contribution >= 0.6 is 11.5 Å². The molecule has 1 aliphatic rings. The number of aromatic nitrogens is 3. The molecule has 0 bridgehead atoms. The van der Waals surface area contributed by atoms with E-state index < -0.39 is 0 Å². The number of nitrogens with one attached hydrogen (secondary N) is 1. The van der Waals surface area contributed by atoms with Crippen molar-refractivity contribution in [2.24, 2.45) is 7.05 Å². The fourth-order valence-corrected chi connectivity index (χ4v) is 3.45. The number of hydrogen-bond donors (Lipinski definition) is 1. The van der Waals surface area contributed by atoms with Gasteiger partial charge < -0.3 is 14.8 Å². The molecule has 0 aromatic carbocycles. The topological polar surface area (TPSA) is 80.1 Å². The number of aryl methyl sites for hydroxylation is 2. The third-order valence-electron chi connectivity index (χ3n) is 4.05. The predicted molar refractivity (Wildman–Crippen MR) is 89.0 cm³/mol. The highest BCUT2D eigenvalue weighted by atomic mass is 32.1. The van der Waals surface area contributed by atoms with Gasteiger partial charge >= 0.3 is 0 Å². The summed E-state index contributed by atoms with van der Waals surface area (Å²) < 4.78 is 5.65. The summed E-state index contributed by atoms with van der Waals surface area (Å²) in [6.45, 7) is 3.20. The van der Waals surface area contributed by atoms with Crippen LogP contribution in [0.3, 0.4) is 0 Å². The molecule has 23 heavy (non-hydrogen) atoms. The fraction of sp³-hybridized carbons (Fsp3) is 0.467.